The number of alkyl halides is 3. The molecule has 0 aliphatic carbocycles. The predicted octanol–water partition coefficient (Wildman–Crippen LogP) is 2.65. The first-order chi connectivity index (χ1) is 12.2. The fourth-order valence-corrected chi connectivity index (χ4v) is 2.27. The van der Waals surface area contributed by atoms with E-state index in [-0.39, 0.29) is 16.7 Å². The monoisotopic (exact) mass is 367 g/mol. The van der Waals surface area contributed by atoms with E-state index < -0.39 is 30.2 Å². The number of ether oxygens (including phenoxy) is 1. The second-order valence-electron chi connectivity index (χ2n) is 5.48. The second kappa shape index (κ2) is 7.57. The first kappa shape index (κ1) is 19.5. The Hall–Kier alpha value is -2.87. The summed E-state index contributed by atoms with van der Waals surface area (Å²) in [6.07, 6.45) is -4.99. The standard InChI is InChI=1S/C18H16F3NO4/c1-26-16(24)13-9-7-12(8-10-13)15(23)22-11-17(25,18(19,20)21)14-5-3-2-4-6-14/h2-10,25H,11H2,1H3,(H,22,23)/t17-/m1/s1. The summed E-state index contributed by atoms with van der Waals surface area (Å²) in [5.74, 6) is -1.42. The number of benzene rings is 2. The van der Waals surface area contributed by atoms with E-state index in [4.69, 9.17) is 0 Å². The topological polar surface area (TPSA) is 75.6 Å². The van der Waals surface area contributed by atoms with Crippen molar-refractivity contribution >= 4 is 11.9 Å². The van der Waals surface area contributed by atoms with Gasteiger partial charge in [0.25, 0.3) is 5.91 Å². The van der Waals surface area contributed by atoms with Crippen LogP contribution in [0.25, 0.3) is 0 Å². The molecule has 0 saturated heterocycles. The molecule has 5 nitrogen and oxygen atoms in total. The number of carbonyl (C=O) groups is 2. The van der Waals surface area contributed by atoms with E-state index in [2.05, 4.69) is 10.1 Å². The normalized spacial score (nSPS) is 13.6. The van der Waals surface area contributed by atoms with Crippen molar-refractivity contribution in [2.24, 2.45) is 0 Å². The highest BCUT2D eigenvalue weighted by atomic mass is 19.4. The van der Waals surface area contributed by atoms with E-state index in [1.807, 2.05) is 0 Å². The molecule has 0 aliphatic rings. The number of esters is 1. The Morgan fingerprint density at radius 1 is 1.00 bits per heavy atom. The van der Waals surface area contributed by atoms with Gasteiger partial charge in [-0.25, -0.2) is 4.79 Å². The molecule has 0 fully saturated rings. The lowest BCUT2D eigenvalue weighted by atomic mass is 9.93. The predicted molar refractivity (Wildman–Crippen MR) is 86.5 cm³/mol. The van der Waals surface area contributed by atoms with Crippen LogP contribution < -0.4 is 5.32 Å². The minimum atomic E-state index is -4.99. The van der Waals surface area contributed by atoms with Crippen LogP contribution in [0.3, 0.4) is 0 Å². The molecule has 0 bridgehead atoms. The highest BCUT2D eigenvalue weighted by Crippen LogP contribution is 2.38. The zero-order chi connectivity index (χ0) is 19.4. The molecule has 2 aromatic rings. The van der Waals surface area contributed by atoms with Crippen molar-refractivity contribution < 1.29 is 32.6 Å². The van der Waals surface area contributed by atoms with Gasteiger partial charge in [-0.3, -0.25) is 4.79 Å². The highest BCUT2D eigenvalue weighted by Gasteiger charge is 2.55. The fraction of sp³-hybridized carbons (Fsp3) is 0.222. The van der Waals surface area contributed by atoms with Crippen molar-refractivity contribution in [2.75, 3.05) is 13.7 Å². The minimum Gasteiger partial charge on any atom is -0.465 e. The lowest BCUT2D eigenvalue weighted by Crippen LogP contribution is -2.51. The molecule has 0 unspecified atom stereocenters. The summed E-state index contributed by atoms with van der Waals surface area (Å²) in [7, 11) is 1.20. The maximum absolute atomic E-state index is 13.4. The summed E-state index contributed by atoms with van der Waals surface area (Å²) in [6, 6.07) is 11.7. The van der Waals surface area contributed by atoms with Crippen molar-refractivity contribution in [3.05, 3.63) is 71.3 Å². The number of hydrogen-bond acceptors (Lipinski definition) is 4. The maximum Gasteiger partial charge on any atom is 0.423 e. The number of halogens is 3. The highest BCUT2D eigenvalue weighted by molar-refractivity contribution is 5.96. The van der Waals surface area contributed by atoms with Gasteiger partial charge in [0.15, 0.2) is 0 Å². The molecule has 26 heavy (non-hydrogen) atoms. The zero-order valence-corrected chi connectivity index (χ0v) is 13.7. The lowest BCUT2D eigenvalue weighted by molar-refractivity contribution is -0.263. The molecule has 0 aliphatic heterocycles. The van der Waals surface area contributed by atoms with Crippen molar-refractivity contribution in [3.8, 4) is 0 Å². The van der Waals surface area contributed by atoms with E-state index in [0.29, 0.717) is 0 Å². The van der Waals surface area contributed by atoms with Crippen LogP contribution in [-0.4, -0.2) is 36.8 Å². The first-order valence-electron chi connectivity index (χ1n) is 7.50. The van der Waals surface area contributed by atoms with Crippen LogP contribution in [0.5, 0.6) is 0 Å². The Balaban J connectivity index is 2.16. The van der Waals surface area contributed by atoms with Crippen LogP contribution in [0.4, 0.5) is 13.2 Å². The van der Waals surface area contributed by atoms with E-state index in [0.717, 1.165) is 12.1 Å². The molecular formula is C18H16F3NO4. The van der Waals surface area contributed by atoms with Crippen LogP contribution in [-0.2, 0) is 10.3 Å². The summed E-state index contributed by atoms with van der Waals surface area (Å²) in [5, 5.41) is 12.2. The van der Waals surface area contributed by atoms with Crippen LogP contribution in [0, 0.1) is 0 Å². The van der Waals surface area contributed by atoms with E-state index in [9.17, 15) is 27.9 Å². The van der Waals surface area contributed by atoms with E-state index in [1.165, 1.54) is 49.6 Å². The average Bonchev–Trinajstić information content (AvgIpc) is 2.65. The first-order valence-corrected chi connectivity index (χ1v) is 7.50. The van der Waals surface area contributed by atoms with Gasteiger partial charge in [0.1, 0.15) is 0 Å². The number of carbonyl (C=O) groups excluding carboxylic acids is 2. The molecule has 0 aromatic heterocycles. The summed E-state index contributed by atoms with van der Waals surface area (Å²) >= 11 is 0. The molecule has 2 rings (SSSR count). The average molecular weight is 367 g/mol. The quantitative estimate of drug-likeness (QED) is 0.797. The molecule has 8 heteroatoms. The van der Waals surface area contributed by atoms with E-state index in [1.54, 1.807) is 0 Å². The Morgan fingerprint density at radius 3 is 2.04 bits per heavy atom. The number of rotatable bonds is 5. The van der Waals surface area contributed by atoms with Gasteiger partial charge in [-0.2, -0.15) is 13.2 Å². The molecule has 0 saturated carbocycles. The Bertz CT molecular complexity index is 775. The molecule has 2 aromatic carbocycles. The third-order valence-electron chi connectivity index (χ3n) is 3.79. The number of aliphatic hydroxyl groups is 1. The minimum absolute atomic E-state index is 0.0373. The summed E-state index contributed by atoms with van der Waals surface area (Å²) in [6.45, 7) is -1.06. The number of hydrogen-bond donors (Lipinski definition) is 2. The molecule has 1 atom stereocenters. The number of methoxy groups -OCH3 is 1. The zero-order valence-electron chi connectivity index (χ0n) is 13.7. The van der Waals surface area contributed by atoms with Gasteiger partial charge >= 0.3 is 12.1 Å². The van der Waals surface area contributed by atoms with Crippen molar-refractivity contribution in [2.45, 2.75) is 11.8 Å². The molecule has 2 N–H and O–H groups in total. The fourth-order valence-electron chi connectivity index (χ4n) is 2.27. The van der Waals surface area contributed by atoms with Crippen molar-refractivity contribution in [1.29, 1.82) is 0 Å². The Morgan fingerprint density at radius 2 is 1.54 bits per heavy atom. The second-order valence-corrected chi connectivity index (χ2v) is 5.48. The molecule has 138 valence electrons. The summed E-state index contributed by atoms with van der Waals surface area (Å²) < 4.78 is 44.6. The van der Waals surface area contributed by atoms with E-state index >= 15 is 0 Å². The van der Waals surface area contributed by atoms with Crippen molar-refractivity contribution in [1.82, 2.24) is 5.32 Å². The van der Waals surface area contributed by atoms with Crippen LogP contribution in [0.1, 0.15) is 26.3 Å². The Kier molecular flexibility index (Phi) is 5.66. The summed E-state index contributed by atoms with van der Waals surface area (Å²) in [5.41, 5.74) is -3.38. The third-order valence-corrected chi connectivity index (χ3v) is 3.79. The third kappa shape index (κ3) is 4.02. The maximum atomic E-state index is 13.4. The lowest BCUT2D eigenvalue weighted by Gasteiger charge is -2.31. The van der Waals surface area contributed by atoms with Crippen molar-refractivity contribution in [3.63, 3.8) is 0 Å². The van der Waals surface area contributed by atoms with Crippen LogP contribution in [0.2, 0.25) is 0 Å². The van der Waals surface area contributed by atoms with Gasteiger partial charge in [0.2, 0.25) is 5.60 Å². The van der Waals surface area contributed by atoms with Gasteiger partial charge in [-0.05, 0) is 29.8 Å². The van der Waals surface area contributed by atoms with Gasteiger partial charge in [-0.15, -0.1) is 0 Å². The largest absolute Gasteiger partial charge is 0.465 e. The summed E-state index contributed by atoms with van der Waals surface area (Å²) in [4.78, 5) is 23.4. The van der Waals surface area contributed by atoms with Gasteiger partial charge in [-0.1, -0.05) is 30.3 Å². The smallest absolute Gasteiger partial charge is 0.423 e. The molecule has 0 spiro atoms. The van der Waals surface area contributed by atoms with Gasteiger partial charge in [0.05, 0.1) is 19.2 Å². The van der Waals surface area contributed by atoms with Gasteiger partial charge in [0, 0.05) is 5.56 Å². The van der Waals surface area contributed by atoms with Crippen LogP contribution in [0.15, 0.2) is 54.6 Å². The molecule has 0 heterocycles. The number of amides is 1. The molecular weight excluding hydrogens is 351 g/mol. The van der Waals surface area contributed by atoms with Crippen LogP contribution >= 0.6 is 0 Å². The van der Waals surface area contributed by atoms with Gasteiger partial charge < -0.3 is 15.2 Å². The number of nitrogens with one attached hydrogen (secondary N) is 1. The molecule has 1 amide bonds. The Labute approximate surface area is 147 Å². The molecule has 0 radical (unpaired) electrons. The SMILES string of the molecule is COC(=O)c1ccc(C(=O)NC[C@@](O)(c2ccccc2)C(F)(F)F)cc1.